The van der Waals surface area contributed by atoms with Gasteiger partial charge in [-0.25, -0.2) is 4.98 Å². The Labute approximate surface area is 129 Å². The first kappa shape index (κ1) is 14.3. The maximum atomic E-state index is 12.2. The largest absolute Gasteiger partial charge is 0.464 e. The molecule has 0 spiro atoms. The third kappa shape index (κ3) is 2.86. The van der Waals surface area contributed by atoms with Crippen molar-refractivity contribution in [2.75, 3.05) is 5.32 Å². The zero-order valence-electron chi connectivity index (χ0n) is 12.9. The van der Waals surface area contributed by atoms with E-state index >= 15 is 0 Å². The fourth-order valence-corrected chi connectivity index (χ4v) is 2.37. The molecule has 0 fully saturated rings. The van der Waals surface area contributed by atoms with Crippen molar-refractivity contribution in [2.45, 2.75) is 27.2 Å². The predicted octanol–water partition coefficient (Wildman–Crippen LogP) is 3.93. The van der Waals surface area contributed by atoms with Crippen LogP contribution < -0.4 is 5.32 Å². The van der Waals surface area contributed by atoms with E-state index in [-0.39, 0.29) is 12.3 Å². The Bertz CT molecular complexity index is 832. The number of fused-ring (bicyclic) bond motifs is 1. The van der Waals surface area contributed by atoms with Crippen LogP contribution in [0.15, 0.2) is 41.1 Å². The van der Waals surface area contributed by atoms with Gasteiger partial charge >= 0.3 is 0 Å². The third-order valence-electron chi connectivity index (χ3n) is 3.80. The van der Waals surface area contributed by atoms with Gasteiger partial charge in [-0.3, -0.25) is 4.79 Å². The third-order valence-corrected chi connectivity index (χ3v) is 3.80. The Balaban J connectivity index is 1.79. The molecule has 0 aliphatic carbocycles. The van der Waals surface area contributed by atoms with Crippen molar-refractivity contribution < 1.29 is 9.21 Å². The van der Waals surface area contributed by atoms with Gasteiger partial charge in [0.15, 0.2) is 0 Å². The zero-order chi connectivity index (χ0) is 15.7. The minimum absolute atomic E-state index is 0.0997. The molecule has 0 saturated heterocycles. The monoisotopic (exact) mass is 294 g/mol. The summed E-state index contributed by atoms with van der Waals surface area (Å²) in [5.74, 6) is 0.465. The number of benzene rings is 1. The highest BCUT2D eigenvalue weighted by Crippen LogP contribution is 2.25. The summed E-state index contributed by atoms with van der Waals surface area (Å²) in [6.45, 7) is 6.06. The molecule has 0 aliphatic heterocycles. The first-order valence-corrected chi connectivity index (χ1v) is 7.23. The lowest BCUT2D eigenvalue weighted by molar-refractivity contribution is -0.115. The summed E-state index contributed by atoms with van der Waals surface area (Å²) in [5.41, 5.74) is 5.14. The van der Waals surface area contributed by atoms with Crippen molar-refractivity contribution in [2.24, 2.45) is 0 Å². The van der Waals surface area contributed by atoms with Gasteiger partial charge in [0.1, 0.15) is 11.4 Å². The van der Waals surface area contributed by atoms with Crippen molar-refractivity contribution in [3.63, 3.8) is 0 Å². The van der Waals surface area contributed by atoms with Gasteiger partial charge in [-0.2, -0.15) is 0 Å². The molecule has 1 N–H and O–H groups in total. The van der Waals surface area contributed by atoms with Crippen LogP contribution in [0, 0.1) is 20.8 Å². The fourth-order valence-electron chi connectivity index (χ4n) is 2.37. The van der Waals surface area contributed by atoms with Crippen LogP contribution in [-0.4, -0.2) is 10.9 Å². The quantitative estimate of drug-likeness (QED) is 0.796. The van der Waals surface area contributed by atoms with Crippen LogP contribution in [0.25, 0.3) is 11.0 Å². The first-order chi connectivity index (χ1) is 10.5. The van der Waals surface area contributed by atoms with Crippen molar-refractivity contribution in [1.82, 2.24) is 4.98 Å². The molecule has 2 heterocycles. The van der Waals surface area contributed by atoms with Crippen LogP contribution in [0.5, 0.6) is 0 Å². The Hall–Kier alpha value is -2.62. The highest BCUT2D eigenvalue weighted by atomic mass is 16.3. The fraction of sp³-hybridized carbons (Fsp3) is 0.222. The standard InChI is InChI=1S/C18H18N2O2/c1-11-4-5-17(19-9-11)20-18(21)8-14-10-22-16-7-13(3)12(2)6-15(14)16/h4-7,9-10H,8H2,1-3H3,(H,19,20,21). The summed E-state index contributed by atoms with van der Waals surface area (Å²) in [5, 5.41) is 3.80. The Kier molecular flexibility index (Phi) is 3.67. The average Bonchev–Trinajstić information content (AvgIpc) is 2.84. The number of hydrogen-bond acceptors (Lipinski definition) is 3. The Morgan fingerprint density at radius 1 is 1.18 bits per heavy atom. The van der Waals surface area contributed by atoms with Gasteiger partial charge in [-0.15, -0.1) is 0 Å². The molecule has 0 atom stereocenters. The van der Waals surface area contributed by atoms with Crippen LogP contribution in [-0.2, 0) is 11.2 Å². The number of carbonyl (C=O) groups is 1. The van der Waals surface area contributed by atoms with Crippen molar-refractivity contribution in [3.8, 4) is 0 Å². The number of amides is 1. The number of hydrogen-bond donors (Lipinski definition) is 1. The molecule has 2 aromatic heterocycles. The number of furan rings is 1. The number of anilines is 1. The molecule has 0 radical (unpaired) electrons. The number of nitrogens with zero attached hydrogens (tertiary/aromatic N) is 1. The summed E-state index contributed by atoms with van der Waals surface area (Å²) < 4.78 is 5.56. The molecule has 1 aromatic carbocycles. The molecule has 4 nitrogen and oxygen atoms in total. The van der Waals surface area contributed by atoms with Gasteiger partial charge < -0.3 is 9.73 Å². The number of nitrogens with one attached hydrogen (secondary N) is 1. The van der Waals surface area contributed by atoms with E-state index in [2.05, 4.69) is 23.3 Å². The van der Waals surface area contributed by atoms with Crippen LogP contribution in [0.1, 0.15) is 22.3 Å². The van der Waals surface area contributed by atoms with Crippen molar-refractivity contribution in [1.29, 1.82) is 0 Å². The molecule has 0 unspecified atom stereocenters. The van der Waals surface area contributed by atoms with Crippen LogP contribution in [0.4, 0.5) is 5.82 Å². The normalized spacial score (nSPS) is 10.9. The minimum Gasteiger partial charge on any atom is -0.464 e. The molecule has 0 aliphatic rings. The number of rotatable bonds is 3. The van der Waals surface area contributed by atoms with Gasteiger partial charge in [0.25, 0.3) is 0 Å². The van der Waals surface area contributed by atoms with Crippen molar-refractivity contribution in [3.05, 3.63) is 59.0 Å². The highest BCUT2D eigenvalue weighted by Gasteiger charge is 2.12. The zero-order valence-corrected chi connectivity index (χ0v) is 12.9. The molecule has 1 amide bonds. The number of pyridine rings is 1. The summed E-state index contributed by atoms with van der Waals surface area (Å²) in [4.78, 5) is 16.3. The van der Waals surface area contributed by atoms with E-state index in [0.29, 0.717) is 5.82 Å². The molecular weight excluding hydrogens is 276 g/mol. The van der Waals surface area contributed by atoms with Gasteiger partial charge in [0, 0.05) is 17.1 Å². The van der Waals surface area contributed by atoms with Crippen molar-refractivity contribution >= 4 is 22.7 Å². The van der Waals surface area contributed by atoms with Crippen LogP contribution in [0.2, 0.25) is 0 Å². The van der Waals surface area contributed by atoms with E-state index in [1.165, 1.54) is 11.1 Å². The van der Waals surface area contributed by atoms with E-state index in [1.807, 2.05) is 26.0 Å². The molecule has 3 rings (SSSR count). The lowest BCUT2D eigenvalue weighted by atomic mass is 10.0. The first-order valence-electron chi connectivity index (χ1n) is 7.23. The van der Waals surface area contributed by atoms with E-state index in [0.717, 1.165) is 22.1 Å². The molecule has 22 heavy (non-hydrogen) atoms. The minimum atomic E-state index is -0.0997. The van der Waals surface area contributed by atoms with Gasteiger partial charge in [-0.1, -0.05) is 6.07 Å². The SMILES string of the molecule is Cc1ccc(NC(=O)Cc2coc3cc(C)c(C)cc23)nc1. The van der Waals surface area contributed by atoms with Crippen LogP contribution >= 0.6 is 0 Å². The van der Waals surface area contributed by atoms with Gasteiger partial charge in [-0.05, 0) is 55.7 Å². The maximum absolute atomic E-state index is 12.2. The van der Waals surface area contributed by atoms with Gasteiger partial charge in [0.2, 0.25) is 5.91 Å². The molecule has 0 bridgehead atoms. The molecule has 0 saturated carbocycles. The molecule has 112 valence electrons. The average molecular weight is 294 g/mol. The smallest absolute Gasteiger partial charge is 0.230 e. The molecular formula is C18H18N2O2. The maximum Gasteiger partial charge on any atom is 0.230 e. The lowest BCUT2D eigenvalue weighted by Gasteiger charge is -2.04. The molecule has 3 aromatic rings. The van der Waals surface area contributed by atoms with E-state index in [4.69, 9.17) is 4.42 Å². The van der Waals surface area contributed by atoms with E-state index < -0.39 is 0 Å². The number of aryl methyl sites for hydroxylation is 3. The second kappa shape index (κ2) is 5.64. The Morgan fingerprint density at radius 3 is 2.68 bits per heavy atom. The second-order valence-corrected chi connectivity index (χ2v) is 5.64. The second-order valence-electron chi connectivity index (χ2n) is 5.64. The summed E-state index contributed by atoms with van der Waals surface area (Å²) in [7, 11) is 0. The Morgan fingerprint density at radius 2 is 1.95 bits per heavy atom. The lowest BCUT2D eigenvalue weighted by Crippen LogP contribution is -2.15. The highest BCUT2D eigenvalue weighted by molar-refractivity contribution is 5.94. The van der Waals surface area contributed by atoms with Crippen LogP contribution in [0.3, 0.4) is 0 Å². The molecule has 4 heteroatoms. The summed E-state index contributed by atoms with van der Waals surface area (Å²) in [6.07, 6.45) is 3.66. The number of carbonyl (C=O) groups excluding carboxylic acids is 1. The number of aromatic nitrogens is 1. The topological polar surface area (TPSA) is 55.1 Å². The summed E-state index contributed by atoms with van der Waals surface area (Å²) in [6, 6.07) is 7.80. The van der Waals surface area contributed by atoms with Gasteiger partial charge in [0.05, 0.1) is 12.7 Å². The summed E-state index contributed by atoms with van der Waals surface area (Å²) >= 11 is 0. The predicted molar refractivity (Wildman–Crippen MR) is 87.0 cm³/mol. The van der Waals surface area contributed by atoms with E-state index in [9.17, 15) is 4.79 Å². The van der Waals surface area contributed by atoms with E-state index in [1.54, 1.807) is 18.5 Å².